The maximum atomic E-state index is 12.3. The minimum atomic E-state index is -3.79. The van der Waals surface area contributed by atoms with E-state index in [0.717, 1.165) is 4.31 Å². The average molecular weight is 337 g/mol. The number of amides is 1. The van der Waals surface area contributed by atoms with Crippen molar-refractivity contribution in [2.75, 3.05) is 13.1 Å². The van der Waals surface area contributed by atoms with Crippen molar-refractivity contribution in [1.29, 1.82) is 0 Å². The van der Waals surface area contributed by atoms with Crippen LogP contribution in [0.5, 0.6) is 0 Å². The van der Waals surface area contributed by atoms with Crippen LogP contribution in [0, 0.1) is 0 Å². The van der Waals surface area contributed by atoms with Crippen molar-refractivity contribution in [3.05, 3.63) is 46.5 Å². The lowest BCUT2D eigenvalue weighted by Crippen LogP contribution is -2.39. The predicted octanol–water partition coefficient (Wildman–Crippen LogP) is 1.80. The highest BCUT2D eigenvalue weighted by molar-refractivity contribution is 7.88. The molecule has 0 atom stereocenters. The van der Waals surface area contributed by atoms with Gasteiger partial charge in [-0.3, -0.25) is 4.79 Å². The van der Waals surface area contributed by atoms with Gasteiger partial charge in [-0.2, -0.15) is 4.31 Å². The Morgan fingerprint density at radius 3 is 2.35 bits per heavy atom. The van der Waals surface area contributed by atoms with Gasteiger partial charge in [-0.15, -0.1) is 6.58 Å². The fourth-order valence-corrected chi connectivity index (χ4v) is 3.74. The molecule has 0 saturated heterocycles. The molecule has 1 aromatic carbocycles. The fraction of sp³-hybridized carbons (Fsp3) is 0.250. The Kier molecular flexibility index (Phi) is 6.01. The molecule has 20 heavy (non-hydrogen) atoms. The summed E-state index contributed by atoms with van der Waals surface area (Å²) in [6.45, 7) is 3.01. The standard InChI is InChI=1S/C12H14Cl2N2O3S/c1-2-6-16(7-12(15)17)20(18,19)8-9-10(13)4-3-5-11(9)14/h2-5H,1,6-8H2,(H2,15,17). The van der Waals surface area contributed by atoms with E-state index in [4.69, 9.17) is 28.9 Å². The SMILES string of the molecule is C=CCN(CC(N)=O)S(=O)(=O)Cc1c(Cl)cccc1Cl. The number of carbonyl (C=O) groups excluding carboxylic acids is 1. The van der Waals surface area contributed by atoms with E-state index in [-0.39, 0.29) is 22.2 Å². The smallest absolute Gasteiger partial charge is 0.232 e. The lowest BCUT2D eigenvalue weighted by molar-refractivity contribution is -0.118. The van der Waals surface area contributed by atoms with Gasteiger partial charge in [0.15, 0.2) is 0 Å². The molecule has 1 amide bonds. The molecule has 0 radical (unpaired) electrons. The summed E-state index contributed by atoms with van der Waals surface area (Å²) in [4.78, 5) is 10.9. The molecule has 0 heterocycles. The van der Waals surface area contributed by atoms with Crippen LogP contribution in [0.1, 0.15) is 5.56 Å². The van der Waals surface area contributed by atoms with Crippen LogP contribution in [0.3, 0.4) is 0 Å². The number of carbonyl (C=O) groups is 1. The lowest BCUT2D eigenvalue weighted by Gasteiger charge is -2.19. The molecule has 0 aliphatic carbocycles. The van der Waals surface area contributed by atoms with Crippen LogP contribution in [-0.4, -0.2) is 31.7 Å². The van der Waals surface area contributed by atoms with Crippen molar-refractivity contribution in [2.45, 2.75) is 5.75 Å². The van der Waals surface area contributed by atoms with Crippen LogP contribution < -0.4 is 5.73 Å². The van der Waals surface area contributed by atoms with Gasteiger partial charge in [0, 0.05) is 22.2 Å². The van der Waals surface area contributed by atoms with Crippen molar-refractivity contribution in [1.82, 2.24) is 4.31 Å². The third-order valence-corrected chi connectivity index (χ3v) is 4.87. The zero-order valence-electron chi connectivity index (χ0n) is 10.6. The summed E-state index contributed by atoms with van der Waals surface area (Å²) in [6, 6.07) is 4.71. The van der Waals surface area contributed by atoms with Crippen LogP contribution in [0.15, 0.2) is 30.9 Å². The molecule has 1 aromatic rings. The zero-order chi connectivity index (χ0) is 15.3. The van der Waals surface area contributed by atoms with Gasteiger partial charge < -0.3 is 5.73 Å². The van der Waals surface area contributed by atoms with Crippen molar-refractivity contribution >= 4 is 39.1 Å². The minimum absolute atomic E-state index is 0.0205. The molecular formula is C12H14Cl2N2O3S. The van der Waals surface area contributed by atoms with Crippen LogP contribution in [0.2, 0.25) is 10.0 Å². The van der Waals surface area contributed by atoms with Gasteiger partial charge >= 0.3 is 0 Å². The average Bonchev–Trinajstić information content (AvgIpc) is 2.33. The monoisotopic (exact) mass is 336 g/mol. The van der Waals surface area contributed by atoms with Crippen LogP contribution in [0.25, 0.3) is 0 Å². The van der Waals surface area contributed by atoms with Crippen LogP contribution in [0.4, 0.5) is 0 Å². The number of hydrogen-bond donors (Lipinski definition) is 1. The molecule has 0 bridgehead atoms. The molecule has 0 aliphatic heterocycles. The Morgan fingerprint density at radius 1 is 1.35 bits per heavy atom. The van der Waals surface area contributed by atoms with Crippen molar-refractivity contribution in [3.63, 3.8) is 0 Å². The van der Waals surface area contributed by atoms with Gasteiger partial charge in [-0.05, 0) is 12.1 Å². The van der Waals surface area contributed by atoms with E-state index in [9.17, 15) is 13.2 Å². The van der Waals surface area contributed by atoms with Gasteiger partial charge in [-0.1, -0.05) is 35.3 Å². The molecule has 0 aliphatic rings. The van der Waals surface area contributed by atoms with Gasteiger partial charge in [0.05, 0.1) is 12.3 Å². The predicted molar refractivity (Wildman–Crippen MR) is 80.1 cm³/mol. The minimum Gasteiger partial charge on any atom is -0.369 e. The van der Waals surface area contributed by atoms with Crippen molar-refractivity contribution in [3.8, 4) is 0 Å². The zero-order valence-corrected chi connectivity index (χ0v) is 12.9. The molecule has 1 rings (SSSR count). The fourth-order valence-electron chi connectivity index (χ4n) is 1.54. The molecule has 5 nitrogen and oxygen atoms in total. The van der Waals surface area contributed by atoms with E-state index in [0.29, 0.717) is 0 Å². The molecule has 8 heteroatoms. The van der Waals surface area contributed by atoms with Crippen molar-refractivity contribution < 1.29 is 13.2 Å². The topological polar surface area (TPSA) is 80.5 Å². The van der Waals surface area contributed by atoms with Crippen molar-refractivity contribution in [2.24, 2.45) is 5.73 Å². The summed E-state index contributed by atoms with van der Waals surface area (Å²) >= 11 is 11.9. The van der Waals surface area contributed by atoms with E-state index >= 15 is 0 Å². The van der Waals surface area contributed by atoms with Gasteiger partial charge in [0.2, 0.25) is 15.9 Å². The second-order valence-corrected chi connectivity index (χ2v) is 6.79. The number of rotatable bonds is 7. The molecule has 0 unspecified atom stereocenters. The highest BCUT2D eigenvalue weighted by Crippen LogP contribution is 2.27. The molecule has 0 aromatic heterocycles. The molecule has 0 spiro atoms. The Labute approximate surface area is 128 Å². The number of hydrogen-bond acceptors (Lipinski definition) is 3. The Bertz CT molecular complexity index is 597. The first-order chi connectivity index (χ1) is 9.27. The third kappa shape index (κ3) is 4.49. The summed E-state index contributed by atoms with van der Waals surface area (Å²) in [5.41, 5.74) is 5.33. The summed E-state index contributed by atoms with van der Waals surface area (Å²) in [5.74, 6) is -1.16. The number of nitrogens with zero attached hydrogens (tertiary/aromatic N) is 1. The first-order valence-corrected chi connectivity index (χ1v) is 7.94. The summed E-state index contributed by atoms with van der Waals surface area (Å²) < 4.78 is 25.5. The van der Waals surface area contributed by atoms with E-state index in [1.165, 1.54) is 6.08 Å². The number of halogens is 2. The first-order valence-electron chi connectivity index (χ1n) is 5.58. The normalized spacial score (nSPS) is 11.6. The molecule has 110 valence electrons. The number of benzene rings is 1. The van der Waals surface area contributed by atoms with Gasteiger partial charge in [-0.25, -0.2) is 8.42 Å². The number of nitrogens with two attached hydrogens (primary N) is 1. The van der Waals surface area contributed by atoms with Crippen LogP contribution in [-0.2, 0) is 20.6 Å². The maximum absolute atomic E-state index is 12.3. The number of primary amides is 1. The summed E-state index contributed by atoms with van der Waals surface area (Å²) in [5, 5.41) is 0.498. The van der Waals surface area contributed by atoms with E-state index in [1.807, 2.05) is 0 Å². The second-order valence-electron chi connectivity index (χ2n) is 4.00. The largest absolute Gasteiger partial charge is 0.369 e. The number of sulfonamides is 1. The Morgan fingerprint density at radius 2 is 1.90 bits per heavy atom. The lowest BCUT2D eigenvalue weighted by atomic mass is 10.2. The summed E-state index contributed by atoms with van der Waals surface area (Å²) in [6.07, 6.45) is 1.37. The third-order valence-electron chi connectivity index (χ3n) is 2.45. The Balaban J connectivity index is 3.08. The second kappa shape index (κ2) is 7.08. The maximum Gasteiger partial charge on any atom is 0.232 e. The highest BCUT2D eigenvalue weighted by Gasteiger charge is 2.25. The summed E-state index contributed by atoms with van der Waals surface area (Å²) in [7, 11) is -3.79. The Hall–Kier alpha value is -1.08. The van der Waals surface area contributed by atoms with E-state index in [2.05, 4.69) is 6.58 Å². The molecular weight excluding hydrogens is 323 g/mol. The van der Waals surface area contributed by atoms with Crippen LogP contribution >= 0.6 is 23.2 Å². The van der Waals surface area contributed by atoms with E-state index in [1.54, 1.807) is 18.2 Å². The first kappa shape index (κ1) is 17.0. The van der Waals surface area contributed by atoms with E-state index < -0.39 is 28.2 Å². The molecule has 0 saturated carbocycles. The molecule has 2 N–H and O–H groups in total. The highest BCUT2D eigenvalue weighted by atomic mass is 35.5. The quantitative estimate of drug-likeness (QED) is 0.771. The molecule has 0 fully saturated rings. The van der Waals surface area contributed by atoms with Gasteiger partial charge in [0.1, 0.15) is 0 Å². The van der Waals surface area contributed by atoms with Gasteiger partial charge in [0.25, 0.3) is 0 Å².